The molecule has 0 saturated heterocycles. The van der Waals surface area contributed by atoms with Crippen molar-refractivity contribution in [2.24, 2.45) is 0 Å². The molecule has 0 bridgehead atoms. The van der Waals surface area contributed by atoms with E-state index in [1.165, 1.54) is 11.5 Å². The van der Waals surface area contributed by atoms with E-state index in [9.17, 15) is 4.79 Å². The van der Waals surface area contributed by atoms with E-state index in [0.29, 0.717) is 13.0 Å². The highest BCUT2D eigenvalue weighted by Crippen LogP contribution is 2.24. The van der Waals surface area contributed by atoms with Crippen LogP contribution in [-0.4, -0.2) is 39.3 Å². The van der Waals surface area contributed by atoms with Gasteiger partial charge in [0.15, 0.2) is 4.34 Å². The SMILES string of the molecule is CCOC(=O)C(C)(CCSc1nc(CC)ns1)NC(C)C. The lowest BCUT2D eigenvalue weighted by atomic mass is 9.98. The molecule has 1 aromatic heterocycles. The number of carbonyl (C=O) groups is 1. The summed E-state index contributed by atoms with van der Waals surface area (Å²) in [6, 6.07) is 0.220. The van der Waals surface area contributed by atoms with E-state index < -0.39 is 5.54 Å². The number of nitrogens with one attached hydrogen (secondary N) is 1. The molecule has 0 radical (unpaired) electrons. The minimum absolute atomic E-state index is 0.189. The van der Waals surface area contributed by atoms with Crippen molar-refractivity contribution < 1.29 is 9.53 Å². The zero-order chi connectivity index (χ0) is 15.9. The summed E-state index contributed by atoms with van der Waals surface area (Å²) in [7, 11) is 0. The van der Waals surface area contributed by atoms with Crippen LogP contribution in [0.3, 0.4) is 0 Å². The Kier molecular flexibility index (Phi) is 7.62. The van der Waals surface area contributed by atoms with Crippen LogP contribution in [0.5, 0.6) is 0 Å². The van der Waals surface area contributed by atoms with Crippen molar-refractivity contribution in [2.75, 3.05) is 12.4 Å². The Balaban J connectivity index is 2.58. The molecule has 5 nitrogen and oxygen atoms in total. The molecule has 7 heteroatoms. The van der Waals surface area contributed by atoms with Crippen LogP contribution in [0.1, 0.15) is 46.9 Å². The van der Waals surface area contributed by atoms with Gasteiger partial charge < -0.3 is 4.74 Å². The number of ether oxygens (including phenoxy) is 1. The van der Waals surface area contributed by atoms with Gasteiger partial charge in [-0.25, -0.2) is 4.98 Å². The zero-order valence-electron chi connectivity index (χ0n) is 13.4. The van der Waals surface area contributed by atoms with E-state index >= 15 is 0 Å². The van der Waals surface area contributed by atoms with E-state index in [1.54, 1.807) is 11.8 Å². The van der Waals surface area contributed by atoms with Gasteiger partial charge in [-0.3, -0.25) is 10.1 Å². The van der Waals surface area contributed by atoms with Gasteiger partial charge in [-0.05, 0) is 45.6 Å². The number of esters is 1. The first-order chi connectivity index (χ1) is 9.91. The summed E-state index contributed by atoms with van der Waals surface area (Å²) in [4.78, 5) is 16.6. The van der Waals surface area contributed by atoms with Crippen molar-refractivity contribution in [2.45, 2.75) is 63.4 Å². The summed E-state index contributed by atoms with van der Waals surface area (Å²) in [6.07, 6.45) is 1.54. The monoisotopic (exact) mass is 331 g/mol. The smallest absolute Gasteiger partial charge is 0.326 e. The van der Waals surface area contributed by atoms with Crippen LogP contribution in [0.15, 0.2) is 4.34 Å². The molecule has 1 heterocycles. The van der Waals surface area contributed by atoms with Crippen LogP contribution in [0.2, 0.25) is 0 Å². The van der Waals surface area contributed by atoms with Gasteiger partial charge in [0.05, 0.1) is 6.61 Å². The molecule has 1 unspecified atom stereocenters. The van der Waals surface area contributed by atoms with Gasteiger partial charge in [0, 0.05) is 18.2 Å². The molecular formula is C14H25N3O2S2. The zero-order valence-corrected chi connectivity index (χ0v) is 15.1. The molecule has 0 aromatic carbocycles. The Morgan fingerprint density at radius 3 is 2.71 bits per heavy atom. The molecule has 1 aromatic rings. The fraction of sp³-hybridized carbons (Fsp3) is 0.786. The summed E-state index contributed by atoms with van der Waals surface area (Å²) in [5.41, 5.74) is -0.657. The lowest BCUT2D eigenvalue weighted by molar-refractivity contribution is -0.150. The van der Waals surface area contributed by atoms with Gasteiger partial charge in [0.25, 0.3) is 0 Å². The largest absolute Gasteiger partial charge is 0.465 e. The predicted octanol–water partition coefficient (Wildman–Crippen LogP) is 2.90. The van der Waals surface area contributed by atoms with Gasteiger partial charge in [0.1, 0.15) is 11.4 Å². The standard InChI is InChI=1S/C14H25N3O2S2/c1-6-11-15-13(21-17-11)20-9-8-14(5,16-10(3)4)12(18)19-7-2/h10,16H,6-9H2,1-5H3. The fourth-order valence-corrected chi connectivity index (χ4v) is 3.87. The summed E-state index contributed by atoms with van der Waals surface area (Å²) in [5, 5.41) is 3.32. The molecule has 0 amide bonds. The normalized spacial score (nSPS) is 14.2. The van der Waals surface area contributed by atoms with Crippen LogP contribution in [-0.2, 0) is 16.0 Å². The lowest BCUT2D eigenvalue weighted by Crippen LogP contribution is -2.53. The van der Waals surface area contributed by atoms with Crippen molar-refractivity contribution in [3.05, 3.63) is 5.82 Å². The highest BCUT2D eigenvalue weighted by molar-refractivity contribution is 8.00. The molecule has 0 saturated carbocycles. The number of carbonyl (C=O) groups excluding carboxylic acids is 1. The molecular weight excluding hydrogens is 306 g/mol. The second-order valence-corrected chi connectivity index (χ2v) is 7.37. The molecule has 0 fully saturated rings. The maximum atomic E-state index is 12.2. The Morgan fingerprint density at radius 1 is 1.48 bits per heavy atom. The van der Waals surface area contributed by atoms with Crippen molar-refractivity contribution in [1.82, 2.24) is 14.7 Å². The molecule has 1 atom stereocenters. The van der Waals surface area contributed by atoms with E-state index in [4.69, 9.17) is 4.74 Å². The molecule has 21 heavy (non-hydrogen) atoms. The van der Waals surface area contributed by atoms with Gasteiger partial charge in [-0.1, -0.05) is 18.7 Å². The van der Waals surface area contributed by atoms with Crippen molar-refractivity contribution in [1.29, 1.82) is 0 Å². The minimum atomic E-state index is -0.657. The molecule has 0 aliphatic heterocycles. The van der Waals surface area contributed by atoms with E-state index in [1.807, 2.05) is 34.6 Å². The van der Waals surface area contributed by atoms with Gasteiger partial charge in [-0.2, -0.15) is 4.37 Å². The maximum Gasteiger partial charge on any atom is 0.326 e. The van der Waals surface area contributed by atoms with Crippen LogP contribution in [0.4, 0.5) is 0 Å². The van der Waals surface area contributed by atoms with E-state index in [-0.39, 0.29) is 12.0 Å². The summed E-state index contributed by atoms with van der Waals surface area (Å²) < 4.78 is 10.4. The van der Waals surface area contributed by atoms with E-state index in [0.717, 1.165) is 22.3 Å². The molecule has 1 rings (SSSR count). The summed E-state index contributed by atoms with van der Waals surface area (Å²) in [6.45, 7) is 10.2. The van der Waals surface area contributed by atoms with Crippen LogP contribution in [0.25, 0.3) is 0 Å². The summed E-state index contributed by atoms with van der Waals surface area (Å²) >= 11 is 3.07. The maximum absolute atomic E-state index is 12.2. The topological polar surface area (TPSA) is 64.1 Å². The Morgan fingerprint density at radius 2 is 2.19 bits per heavy atom. The van der Waals surface area contributed by atoms with Crippen molar-refractivity contribution in [3.8, 4) is 0 Å². The van der Waals surface area contributed by atoms with Gasteiger partial charge in [-0.15, -0.1) is 0 Å². The number of aromatic nitrogens is 2. The summed E-state index contributed by atoms with van der Waals surface area (Å²) in [5.74, 6) is 1.50. The highest BCUT2D eigenvalue weighted by atomic mass is 32.2. The Labute approximate surface area is 135 Å². The third-order valence-electron chi connectivity index (χ3n) is 2.93. The molecule has 0 spiro atoms. The Bertz CT molecular complexity index is 451. The highest BCUT2D eigenvalue weighted by Gasteiger charge is 2.34. The minimum Gasteiger partial charge on any atom is -0.465 e. The van der Waals surface area contributed by atoms with Crippen LogP contribution >= 0.6 is 23.3 Å². The number of aryl methyl sites for hydroxylation is 1. The average molecular weight is 332 g/mol. The third-order valence-corrected chi connectivity index (χ3v) is 4.80. The molecule has 1 N–H and O–H groups in total. The quantitative estimate of drug-likeness (QED) is 0.554. The average Bonchev–Trinajstić information content (AvgIpc) is 2.86. The lowest BCUT2D eigenvalue weighted by Gasteiger charge is -2.30. The molecule has 0 aliphatic rings. The van der Waals surface area contributed by atoms with Crippen LogP contribution < -0.4 is 5.32 Å². The van der Waals surface area contributed by atoms with E-state index in [2.05, 4.69) is 14.7 Å². The molecule has 0 aliphatic carbocycles. The number of thioether (sulfide) groups is 1. The number of hydrogen-bond donors (Lipinski definition) is 1. The van der Waals surface area contributed by atoms with Crippen molar-refractivity contribution >= 4 is 29.3 Å². The first kappa shape index (κ1) is 18.4. The van der Waals surface area contributed by atoms with Gasteiger partial charge >= 0.3 is 5.97 Å². The Hall–Kier alpha value is -0.660. The fourth-order valence-electron chi connectivity index (χ4n) is 1.94. The number of hydrogen-bond acceptors (Lipinski definition) is 7. The molecule has 120 valence electrons. The first-order valence-electron chi connectivity index (χ1n) is 7.31. The van der Waals surface area contributed by atoms with Gasteiger partial charge in [0.2, 0.25) is 0 Å². The van der Waals surface area contributed by atoms with Crippen molar-refractivity contribution in [3.63, 3.8) is 0 Å². The van der Waals surface area contributed by atoms with Crippen LogP contribution in [0, 0.1) is 0 Å². The number of nitrogens with zero attached hydrogens (tertiary/aromatic N) is 2. The second kappa shape index (κ2) is 8.70. The first-order valence-corrected chi connectivity index (χ1v) is 9.07. The predicted molar refractivity (Wildman–Crippen MR) is 87.9 cm³/mol. The third kappa shape index (κ3) is 5.92. The number of rotatable bonds is 9. The second-order valence-electron chi connectivity index (χ2n) is 5.28.